The number of allylic oxidation sites excluding steroid dienone is 1. The van der Waals surface area contributed by atoms with Crippen molar-refractivity contribution in [3.05, 3.63) is 50.1 Å². The third-order valence-electron chi connectivity index (χ3n) is 4.02. The average molecular weight is 364 g/mol. The smallest absolute Gasteiger partial charge is 0.336 e. The van der Waals surface area contributed by atoms with Gasteiger partial charge in [-0.05, 0) is 19.3 Å². The second kappa shape index (κ2) is 10.3. The van der Waals surface area contributed by atoms with Gasteiger partial charge in [0.15, 0.2) is 0 Å². The van der Waals surface area contributed by atoms with Crippen molar-refractivity contribution in [2.24, 2.45) is 0 Å². The number of non-ortho nitro benzene ring substituents is 1. The van der Waals surface area contributed by atoms with Crippen LogP contribution in [0.1, 0.15) is 64.4 Å². The SMILES string of the molecule is C/C=C/C(=O)Oc1c([C@H](C)CCCCCC)cc([N+](=O)[O-])cc1[N+](=O)[O-]. The first-order valence-electron chi connectivity index (χ1n) is 8.63. The Hall–Kier alpha value is -2.77. The van der Waals surface area contributed by atoms with Crippen LogP contribution in [0.5, 0.6) is 5.75 Å². The lowest BCUT2D eigenvalue weighted by Gasteiger charge is -2.16. The fraction of sp³-hybridized carbons (Fsp3) is 0.500. The van der Waals surface area contributed by atoms with Gasteiger partial charge in [0.25, 0.3) is 5.69 Å². The zero-order chi connectivity index (χ0) is 19.7. The highest BCUT2D eigenvalue weighted by molar-refractivity contribution is 5.85. The van der Waals surface area contributed by atoms with Gasteiger partial charge in [-0.25, -0.2) is 4.79 Å². The zero-order valence-corrected chi connectivity index (χ0v) is 15.3. The van der Waals surface area contributed by atoms with Crippen LogP contribution in [0.2, 0.25) is 0 Å². The van der Waals surface area contributed by atoms with Gasteiger partial charge in [0.1, 0.15) is 0 Å². The second-order valence-corrected chi connectivity index (χ2v) is 6.07. The Balaban J connectivity index is 3.33. The van der Waals surface area contributed by atoms with E-state index in [0.29, 0.717) is 12.0 Å². The first kappa shape index (κ1) is 21.3. The van der Waals surface area contributed by atoms with Crippen LogP contribution in [-0.2, 0) is 4.79 Å². The van der Waals surface area contributed by atoms with E-state index in [1.807, 2.05) is 6.92 Å². The summed E-state index contributed by atoms with van der Waals surface area (Å²) in [5, 5.41) is 22.5. The largest absolute Gasteiger partial charge is 0.416 e. The number of esters is 1. The minimum Gasteiger partial charge on any atom is -0.416 e. The number of hydrogen-bond donors (Lipinski definition) is 0. The molecule has 8 heteroatoms. The first-order valence-corrected chi connectivity index (χ1v) is 8.63. The van der Waals surface area contributed by atoms with E-state index < -0.39 is 27.2 Å². The summed E-state index contributed by atoms with van der Waals surface area (Å²) in [4.78, 5) is 32.9. The molecule has 0 aliphatic carbocycles. The molecule has 1 aromatic carbocycles. The summed E-state index contributed by atoms with van der Waals surface area (Å²) in [5.41, 5.74) is -0.661. The van der Waals surface area contributed by atoms with Crippen molar-refractivity contribution in [3.63, 3.8) is 0 Å². The van der Waals surface area contributed by atoms with Crippen LogP contribution in [0, 0.1) is 20.2 Å². The van der Waals surface area contributed by atoms with Crippen LogP contribution >= 0.6 is 0 Å². The minimum atomic E-state index is -0.765. The molecule has 1 aromatic rings. The zero-order valence-electron chi connectivity index (χ0n) is 15.3. The standard InChI is InChI=1S/C18H24N2O6/c1-4-6-7-8-10-13(3)15-11-14(19(22)23)12-16(20(24)25)18(15)26-17(21)9-5-2/h5,9,11-13H,4,6-8,10H2,1-3H3/b9-5+/t13-/m1/s1. The third-order valence-corrected chi connectivity index (χ3v) is 4.02. The van der Waals surface area contributed by atoms with Gasteiger partial charge in [-0.2, -0.15) is 0 Å². The van der Waals surface area contributed by atoms with Crippen molar-refractivity contribution >= 4 is 17.3 Å². The quantitative estimate of drug-likeness (QED) is 0.143. The van der Waals surface area contributed by atoms with E-state index >= 15 is 0 Å². The molecule has 0 amide bonds. The van der Waals surface area contributed by atoms with Crippen molar-refractivity contribution < 1.29 is 19.4 Å². The number of nitrogens with zero attached hydrogens (tertiary/aromatic N) is 2. The van der Waals surface area contributed by atoms with Crippen LogP contribution in [-0.4, -0.2) is 15.8 Å². The first-order chi connectivity index (χ1) is 12.3. The highest BCUT2D eigenvalue weighted by atomic mass is 16.6. The molecule has 0 spiro atoms. The van der Waals surface area contributed by atoms with Gasteiger partial charge in [0, 0.05) is 17.7 Å². The van der Waals surface area contributed by atoms with Crippen LogP contribution < -0.4 is 4.74 Å². The van der Waals surface area contributed by atoms with E-state index in [9.17, 15) is 25.0 Å². The number of benzene rings is 1. The Labute approximate surface area is 152 Å². The monoisotopic (exact) mass is 364 g/mol. The number of nitro benzene ring substituents is 2. The Morgan fingerprint density at radius 1 is 1.19 bits per heavy atom. The highest BCUT2D eigenvalue weighted by Gasteiger charge is 2.29. The summed E-state index contributed by atoms with van der Waals surface area (Å²) in [6.45, 7) is 5.52. The molecular formula is C18H24N2O6. The predicted molar refractivity (Wildman–Crippen MR) is 97.4 cm³/mol. The third kappa shape index (κ3) is 5.94. The molecule has 0 aliphatic heterocycles. The topological polar surface area (TPSA) is 113 Å². The number of nitro groups is 2. The lowest BCUT2D eigenvalue weighted by Crippen LogP contribution is -2.10. The molecule has 0 fully saturated rings. The number of rotatable bonds is 10. The minimum absolute atomic E-state index is 0.216. The molecule has 0 heterocycles. The Morgan fingerprint density at radius 2 is 1.88 bits per heavy atom. The summed E-state index contributed by atoms with van der Waals surface area (Å²) in [7, 11) is 0. The fourth-order valence-corrected chi connectivity index (χ4v) is 2.64. The van der Waals surface area contributed by atoms with E-state index in [1.165, 1.54) is 12.1 Å². The summed E-state index contributed by atoms with van der Waals surface area (Å²) in [5.74, 6) is -1.20. The van der Waals surface area contributed by atoms with Crippen molar-refractivity contribution in [3.8, 4) is 5.75 Å². The molecule has 1 rings (SSSR count). The van der Waals surface area contributed by atoms with Gasteiger partial charge in [0.2, 0.25) is 5.75 Å². The van der Waals surface area contributed by atoms with Crippen molar-refractivity contribution in [2.45, 2.75) is 58.8 Å². The maximum Gasteiger partial charge on any atom is 0.336 e. The van der Waals surface area contributed by atoms with E-state index in [-0.39, 0.29) is 11.7 Å². The number of carbonyl (C=O) groups is 1. The summed E-state index contributed by atoms with van der Waals surface area (Å²) < 4.78 is 5.17. The molecule has 0 unspecified atom stereocenters. The summed E-state index contributed by atoms with van der Waals surface area (Å²) >= 11 is 0. The molecule has 142 valence electrons. The molecule has 1 atom stereocenters. The number of unbranched alkanes of at least 4 members (excludes halogenated alkanes) is 3. The maximum atomic E-state index is 11.8. The van der Waals surface area contributed by atoms with Gasteiger partial charge in [-0.3, -0.25) is 20.2 Å². The summed E-state index contributed by atoms with van der Waals surface area (Å²) in [6.07, 6.45) is 7.31. The van der Waals surface area contributed by atoms with Gasteiger partial charge in [-0.15, -0.1) is 0 Å². The molecular weight excluding hydrogens is 340 g/mol. The van der Waals surface area contributed by atoms with E-state index in [0.717, 1.165) is 37.8 Å². The Morgan fingerprint density at radius 3 is 2.42 bits per heavy atom. The van der Waals surface area contributed by atoms with Crippen LogP contribution in [0.4, 0.5) is 11.4 Å². The van der Waals surface area contributed by atoms with Crippen LogP contribution in [0.25, 0.3) is 0 Å². The second-order valence-electron chi connectivity index (χ2n) is 6.07. The highest BCUT2D eigenvalue weighted by Crippen LogP contribution is 2.41. The molecule has 26 heavy (non-hydrogen) atoms. The van der Waals surface area contributed by atoms with Crippen LogP contribution in [0.3, 0.4) is 0 Å². The molecule has 0 aliphatic rings. The fourth-order valence-electron chi connectivity index (χ4n) is 2.64. The molecule has 0 aromatic heterocycles. The Kier molecular flexibility index (Phi) is 8.41. The van der Waals surface area contributed by atoms with Crippen molar-refractivity contribution in [1.29, 1.82) is 0 Å². The van der Waals surface area contributed by atoms with Gasteiger partial charge >= 0.3 is 11.7 Å². The molecule has 0 bridgehead atoms. The predicted octanol–water partition coefficient (Wildman–Crippen LogP) is 5.06. The van der Waals surface area contributed by atoms with Gasteiger partial charge in [-0.1, -0.05) is 45.6 Å². The average Bonchev–Trinajstić information content (AvgIpc) is 2.58. The van der Waals surface area contributed by atoms with Crippen LogP contribution in [0.15, 0.2) is 24.3 Å². The van der Waals surface area contributed by atoms with E-state index in [1.54, 1.807) is 6.92 Å². The molecule has 0 saturated carbocycles. The number of carbonyl (C=O) groups excluding carboxylic acids is 1. The van der Waals surface area contributed by atoms with Crippen molar-refractivity contribution in [1.82, 2.24) is 0 Å². The van der Waals surface area contributed by atoms with Gasteiger partial charge in [0.05, 0.1) is 15.9 Å². The number of ether oxygens (including phenoxy) is 1. The van der Waals surface area contributed by atoms with Crippen molar-refractivity contribution in [2.75, 3.05) is 0 Å². The van der Waals surface area contributed by atoms with E-state index in [4.69, 9.17) is 4.74 Å². The lowest BCUT2D eigenvalue weighted by molar-refractivity contribution is -0.394. The normalized spacial score (nSPS) is 12.1. The molecule has 0 N–H and O–H groups in total. The Bertz CT molecular complexity index is 699. The molecule has 0 radical (unpaired) electrons. The lowest BCUT2D eigenvalue weighted by atomic mass is 9.93. The summed E-state index contributed by atoms with van der Waals surface area (Å²) in [6, 6.07) is 2.08. The van der Waals surface area contributed by atoms with Gasteiger partial charge < -0.3 is 4.74 Å². The maximum absolute atomic E-state index is 11.8. The number of hydrogen-bond acceptors (Lipinski definition) is 6. The molecule has 8 nitrogen and oxygen atoms in total. The molecule has 0 saturated heterocycles. The van der Waals surface area contributed by atoms with E-state index in [2.05, 4.69) is 6.92 Å².